The molecule has 17 heavy (non-hydrogen) atoms. The maximum absolute atomic E-state index is 6.34. The van der Waals surface area contributed by atoms with Gasteiger partial charge in [-0.3, -0.25) is 0 Å². The Hall–Kier alpha value is -0.900. The van der Waals surface area contributed by atoms with E-state index in [2.05, 4.69) is 43.4 Å². The third-order valence-electron chi connectivity index (χ3n) is 3.53. The fourth-order valence-corrected chi connectivity index (χ4v) is 2.89. The maximum Gasteiger partial charge on any atom is 0.130 e. The number of nitrogens with one attached hydrogen (secondary N) is 1. The second-order valence-corrected chi connectivity index (χ2v) is 5.61. The highest BCUT2D eigenvalue weighted by Gasteiger charge is 2.45. The fourth-order valence-electron chi connectivity index (χ4n) is 2.89. The SMILES string of the molecule is CC1(C)CNCC2(COCc3ccccc32)O1. The van der Waals surface area contributed by atoms with Crippen molar-refractivity contribution in [3.63, 3.8) is 0 Å². The van der Waals surface area contributed by atoms with Gasteiger partial charge in [-0.25, -0.2) is 0 Å². The first-order chi connectivity index (χ1) is 8.11. The van der Waals surface area contributed by atoms with Crippen molar-refractivity contribution in [2.45, 2.75) is 31.7 Å². The minimum absolute atomic E-state index is 0.147. The zero-order chi connectivity index (χ0) is 11.9. The molecule has 1 aromatic rings. The molecule has 1 spiro atoms. The summed E-state index contributed by atoms with van der Waals surface area (Å²) in [5, 5.41) is 3.47. The van der Waals surface area contributed by atoms with Crippen LogP contribution in [0.2, 0.25) is 0 Å². The molecule has 1 aromatic carbocycles. The summed E-state index contributed by atoms with van der Waals surface area (Å²) in [6.45, 7) is 7.29. The highest BCUT2D eigenvalue weighted by atomic mass is 16.6. The summed E-state index contributed by atoms with van der Waals surface area (Å²) in [5.74, 6) is 0. The van der Waals surface area contributed by atoms with Crippen LogP contribution in [0.25, 0.3) is 0 Å². The Morgan fingerprint density at radius 1 is 1.18 bits per heavy atom. The van der Waals surface area contributed by atoms with Crippen LogP contribution in [-0.2, 0) is 21.7 Å². The van der Waals surface area contributed by atoms with E-state index in [4.69, 9.17) is 9.47 Å². The number of hydrogen-bond donors (Lipinski definition) is 1. The topological polar surface area (TPSA) is 30.5 Å². The van der Waals surface area contributed by atoms with Gasteiger partial charge >= 0.3 is 0 Å². The molecule has 1 N–H and O–H groups in total. The average molecular weight is 233 g/mol. The van der Waals surface area contributed by atoms with Crippen molar-refractivity contribution in [2.75, 3.05) is 19.7 Å². The van der Waals surface area contributed by atoms with E-state index in [-0.39, 0.29) is 11.2 Å². The molecule has 0 amide bonds. The van der Waals surface area contributed by atoms with Crippen molar-refractivity contribution in [3.05, 3.63) is 35.4 Å². The molecular formula is C14H19NO2. The number of morpholine rings is 1. The number of hydrogen-bond acceptors (Lipinski definition) is 3. The van der Waals surface area contributed by atoms with Crippen molar-refractivity contribution in [1.29, 1.82) is 0 Å². The summed E-state index contributed by atoms with van der Waals surface area (Å²) in [6, 6.07) is 8.43. The first-order valence-corrected chi connectivity index (χ1v) is 6.18. The Morgan fingerprint density at radius 2 is 2.00 bits per heavy atom. The largest absolute Gasteiger partial charge is 0.373 e. The minimum atomic E-state index is -0.309. The Labute approximate surface area is 102 Å². The van der Waals surface area contributed by atoms with Crippen LogP contribution in [0, 0.1) is 0 Å². The summed E-state index contributed by atoms with van der Waals surface area (Å²) in [6.07, 6.45) is 0. The molecule has 2 aliphatic rings. The predicted octanol–water partition coefficient (Wildman–Crippen LogP) is 1.81. The number of rotatable bonds is 0. The Balaban J connectivity index is 2.03. The van der Waals surface area contributed by atoms with E-state index in [0.717, 1.165) is 13.1 Å². The lowest BCUT2D eigenvalue weighted by Crippen LogP contribution is -2.59. The first-order valence-electron chi connectivity index (χ1n) is 6.18. The van der Waals surface area contributed by atoms with Gasteiger partial charge in [0.15, 0.2) is 0 Å². The summed E-state index contributed by atoms with van der Waals surface area (Å²) < 4.78 is 12.1. The minimum Gasteiger partial charge on any atom is -0.373 e. The number of benzene rings is 1. The summed E-state index contributed by atoms with van der Waals surface area (Å²) in [4.78, 5) is 0. The Morgan fingerprint density at radius 3 is 2.82 bits per heavy atom. The zero-order valence-electron chi connectivity index (χ0n) is 10.5. The molecule has 92 valence electrons. The van der Waals surface area contributed by atoms with E-state index in [1.807, 2.05) is 0 Å². The molecule has 1 fully saturated rings. The molecular weight excluding hydrogens is 214 g/mol. The highest BCUT2D eigenvalue weighted by Crippen LogP contribution is 2.38. The summed E-state index contributed by atoms with van der Waals surface area (Å²) in [5.41, 5.74) is 2.08. The predicted molar refractivity (Wildman–Crippen MR) is 65.8 cm³/mol. The molecule has 3 nitrogen and oxygen atoms in total. The van der Waals surface area contributed by atoms with Crippen LogP contribution in [0.5, 0.6) is 0 Å². The van der Waals surface area contributed by atoms with Gasteiger partial charge in [0.05, 0.1) is 18.8 Å². The van der Waals surface area contributed by atoms with Gasteiger partial charge in [0.25, 0.3) is 0 Å². The van der Waals surface area contributed by atoms with Crippen molar-refractivity contribution in [1.82, 2.24) is 5.32 Å². The van der Waals surface area contributed by atoms with Crippen molar-refractivity contribution < 1.29 is 9.47 Å². The van der Waals surface area contributed by atoms with Crippen LogP contribution >= 0.6 is 0 Å². The van der Waals surface area contributed by atoms with Gasteiger partial charge in [0.1, 0.15) is 5.60 Å². The second kappa shape index (κ2) is 3.80. The van der Waals surface area contributed by atoms with Crippen molar-refractivity contribution >= 4 is 0 Å². The lowest BCUT2D eigenvalue weighted by atomic mass is 9.86. The molecule has 2 heterocycles. The number of ether oxygens (including phenoxy) is 2. The third kappa shape index (κ3) is 1.88. The summed E-state index contributed by atoms with van der Waals surface area (Å²) >= 11 is 0. The van der Waals surface area contributed by atoms with Gasteiger partial charge in [-0.2, -0.15) is 0 Å². The highest BCUT2D eigenvalue weighted by molar-refractivity contribution is 5.35. The van der Waals surface area contributed by atoms with E-state index >= 15 is 0 Å². The molecule has 1 unspecified atom stereocenters. The van der Waals surface area contributed by atoms with Gasteiger partial charge < -0.3 is 14.8 Å². The zero-order valence-corrected chi connectivity index (χ0v) is 10.5. The van der Waals surface area contributed by atoms with Gasteiger partial charge in [-0.15, -0.1) is 0 Å². The molecule has 0 aromatic heterocycles. The fraction of sp³-hybridized carbons (Fsp3) is 0.571. The first kappa shape index (κ1) is 11.2. The molecule has 1 atom stereocenters. The molecule has 0 aliphatic carbocycles. The van der Waals surface area contributed by atoms with Crippen LogP contribution in [0.3, 0.4) is 0 Å². The average Bonchev–Trinajstić information content (AvgIpc) is 2.28. The van der Waals surface area contributed by atoms with Gasteiger partial charge in [0.2, 0.25) is 0 Å². The van der Waals surface area contributed by atoms with Gasteiger partial charge in [-0.1, -0.05) is 24.3 Å². The lowest BCUT2D eigenvalue weighted by molar-refractivity contribution is -0.202. The molecule has 3 rings (SSSR count). The molecule has 1 saturated heterocycles. The monoisotopic (exact) mass is 233 g/mol. The normalized spacial score (nSPS) is 31.2. The molecule has 0 radical (unpaired) electrons. The van der Waals surface area contributed by atoms with E-state index in [0.29, 0.717) is 13.2 Å². The van der Waals surface area contributed by atoms with Crippen LogP contribution in [-0.4, -0.2) is 25.3 Å². The third-order valence-corrected chi connectivity index (χ3v) is 3.53. The number of fused-ring (bicyclic) bond motifs is 2. The molecule has 3 heteroatoms. The van der Waals surface area contributed by atoms with E-state index in [9.17, 15) is 0 Å². The molecule has 2 aliphatic heterocycles. The van der Waals surface area contributed by atoms with E-state index in [1.54, 1.807) is 0 Å². The van der Waals surface area contributed by atoms with Gasteiger partial charge in [0, 0.05) is 13.1 Å². The van der Waals surface area contributed by atoms with Crippen LogP contribution in [0.4, 0.5) is 0 Å². The lowest BCUT2D eigenvalue weighted by Gasteiger charge is -2.48. The van der Waals surface area contributed by atoms with Crippen molar-refractivity contribution in [3.8, 4) is 0 Å². The second-order valence-electron chi connectivity index (χ2n) is 5.61. The van der Waals surface area contributed by atoms with Crippen LogP contribution in [0.1, 0.15) is 25.0 Å². The van der Waals surface area contributed by atoms with Crippen LogP contribution < -0.4 is 5.32 Å². The maximum atomic E-state index is 6.34. The standard InChI is InChI=1S/C14H19NO2/c1-13(2)8-15-9-14(17-13)10-16-7-11-5-3-4-6-12(11)14/h3-6,15H,7-10H2,1-2H3. The quantitative estimate of drug-likeness (QED) is 0.741. The smallest absolute Gasteiger partial charge is 0.130 e. The molecule has 0 bridgehead atoms. The van der Waals surface area contributed by atoms with E-state index < -0.39 is 0 Å². The van der Waals surface area contributed by atoms with E-state index in [1.165, 1.54) is 11.1 Å². The van der Waals surface area contributed by atoms with Gasteiger partial charge in [-0.05, 0) is 25.0 Å². The Kier molecular flexibility index (Phi) is 2.51. The molecule has 0 saturated carbocycles. The summed E-state index contributed by atoms with van der Waals surface area (Å²) in [7, 11) is 0. The van der Waals surface area contributed by atoms with Crippen LogP contribution in [0.15, 0.2) is 24.3 Å². The Bertz CT molecular complexity index is 430. The van der Waals surface area contributed by atoms with Crippen molar-refractivity contribution in [2.24, 2.45) is 0 Å².